The van der Waals surface area contributed by atoms with E-state index in [0.717, 1.165) is 39.5 Å². The number of amidine groups is 1. The van der Waals surface area contributed by atoms with Crippen molar-refractivity contribution in [1.29, 1.82) is 0 Å². The van der Waals surface area contributed by atoms with Crippen molar-refractivity contribution in [3.63, 3.8) is 0 Å². The number of rotatable bonds is 5. The van der Waals surface area contributed by atoms with Gasteiger partial charge >= 0.3 is 0 Å². The summed E-state index contributed by atoms with van der Waals surface area (Å²) in [4.78, 5) is 10.3. The highest BCUT2D eigenvalue weighted by atomic mass is 15.0. The van der Waals surface area contributed by atoms with Crippen molar-refractivity contribution in [2.24, 2.45) is 9.98 Å². The van der Waals surface area contributed by atoms with Gasteiger partial charge in [-0.15, -0.1) is 0 Å². The topological polar surface area (TPSA) is 34.6 Å². The van der Waals surface area contributed by atoms with Crippen molar-refractivity contribution < 1.29 is 0 Å². The Labute approximate surface area is 283 Å². The molecule has 0 unspecified atom stereocenters. The number of fused-ring (bicyclic) bond motifs is 2. The van der Waals surface area contributed by atoms with Gasteiger partial charge in [-0.05, 0) is 76.5 Å². The van der Waals surface area contributed by atoms with Crippen molar-refractivity contribution in [2.45, 2.75) is 6.42 Å². The zero-order valence-electron chi connectivity index (χ0n) is 26.7. The van der Waals surface area contributed by atoms with E-state index in [2.05, 4.69) is 167 Å². The Kier molecular flexibility index (Phi) is 6.21. The average molecular weight is 627 g/mol. The van der Waals surface area contributed by atoms with Crippen LogP contribution in [0.2, 0.25) is 0 Å². The molecule has 0 bridgehead atoms. The molecule has 1 aliphatic rings. The molecule has 0 spiro atoms. The third kappa shape index (κ3) is 4.45. The zero-order valence-corrected chi connectivity index (χ0v) is 26.7. The van der Waals surface area contributed by atoms with Crippen LogP contribution in [0.1, 0.15) is 23.1 Å². The maximum absolute atomic E-state index is 5.18. The van der Waals surface area contributed by atoms with Crippen molar-refractivity contribution >= 4 is 60.7 Å². The molecule has 9 aromatic rings. The van der Waals surface area contributed by atoms with Crippen LogP contribution >= 0.6 is 0 Å². The smallest absolute Gasteiger partial charge is 0.160 e. The first-order valence-corrected chi connectivity index (χ1v) is 16.7. The van der Waals surface area contributed by atoms with Crippen molar-refractivity contribution in [3.8, 4) is 11.4 Å². The van der Waals surface area contributed by atoms with Gasteiger partial charge in [-0.2, -0.15) is 0 Å². The summed E-state index contributed by atoms with van der Waals surface area (Å²) in [6.07, 6.45) is 5.09. The quantitative estimate of drug-likeness (QED) is 0.170. The standard InChI is InChI=1S/C45H30N4/c1-4-11-30(12-5-1)38-25-26-39(31-13-6-2-7-14-31)47-45(46-38)33-19-22-35(23-20-33)49-40-18-10-15-32-21-24-37-36-27-28-48(34-16-8-3-9-17-34)41(36)29-42(49)44(37)43(32)40/h1-25,27-29H,26H2. The zero-order chi connectivity index (χ0) is 32.3. The van der Waals surface area contributed by atoms with E-state index in [4.69, 9.17) is 9.98 Å². The van der Waals surface area contributed by atoms with E-state index in [0.29, 0.717) is 12.3 Å². The summed E-state index contributed by atoms with van der Waals surface area (Å²) in [5.41, 5.74) is 11.0. The second kappa shape index (κ2) is 11.0. The minimum atomic E-state index is 0.707. The summed E-state index contributed by atoms with van der Waals surface area (Å²) in [5, 5.41) is 6.40. The molecule has 2 aromatic heterocycles. The number of hydrogen-bond donors (Lipinski definition) is 0. The second-order valence-corrected chi connectivity index (χ2v) is 12.6. The molecular formula is C45H30N4. The summed E-state index contributed by atoms with van der Waals surface area (Å²) in [6, 6.07) is 55.9. The van der Waals surface area contributed by atoms with Crippen molar-refractivity contribution in [3.05, 3.63) is 187 Å². The third-order valence-electron chi connectivity index (χ3n) is 9.80. The number of nitrogens with zero attached hydrogens (tertiary/aromatic N) is 4. The van der Waals surface area contributed by atoms with Gasteiger partial charge in [0.2, 0.25) is 0 Å². The van der Waals surface area contributed by atoms with Crippen LogP contribution in [0.4, 0.5) is 0 Å². The fraction of sp³-hybridized carbons (Fsp3) is 0.0222. The average Bonchev–Trinajstić information content (AvgIpc) is 3.66. The first-order chi connectivity index (χ1) is 24.3. The maximum Gasteiger partial charge on any atom is 0.160 e. The molecule has 4 nitrogen and oxygen atoms in total. The van der Waals surface area contributed by atoms with Crippen molar-refractivity contribution in [2.75, 3.05) is 0 Å². The molecule has 49 heavy (non-hydrogen) atoms. The Bertz CT molecular complexity index is 2750. The maximum atomic E-state index is 5.18. The molecular weight excluding hydrogens is 597 g/mol. The second-order valence-electron chi connectivity index (χ2n) is 12.6. The minimum absolute atomic E-state index is 0.707. The fourth-order valence-corrected chi connectivity index (χ4v) is 7.50. The first kappa shape index (κ1) is 27.6. The molecule has 0 fully saturated rings. The monoisotopic (exact) mass is 626 g/mol. The van der Waals surface area contributed by atoms with Crippen LogP contribution in [0.15, 0.2) is 180 Å². The number of aliphatic imine (C=N–C) groups is 2. The molecule has 0 N–H and O–H groups in total. The normalized spacial score (nSPS) is 13.6. The first-order valence-electron chi connectivity index (χ1n) is 16.7. The Morgan fingerprint density at radius 2 is 1.20 bits per heavy atom. The summed E-state index contributed by atoms with van der Waals surface area (Å²) in [7, 11) is 0. The molecule has 0 aliphatic carbocycles. The van der Waals surface area contributed by atoms with Crippen LogP contribution in [-0.4, -0.2) is 20.7 Å². The lowest BCUT2D eigenvalue weighted by Crippen LogP contribution is -2.05. The summed E-state index contributed by atoms with van der Waals surface area (Å²) >= 11 is 0. The summed E-state index contributed by atoms with van der Waals surface area (Å²) in [6.45, 7) is 0. The molecule has 0 saturated heterocycles. The van der Waals surface area contributed by atoms with Gasteiger partial charge in [-0.1, -0.05) is 109 Å². The van der Waals surface area contributed by atoms with Gasteiger partial charge in [0, 0.05) is 45.7 Å². The van der Waals surface area contributed by atoms with Gasteiger partial charge in [-0.25, -0.2) is 9.98 Å². The van der Waals surface area contributed by atoms with Crippen LogP contribution in [-0.2, 0) is 0 Å². The number of hydrogen-bond acceptors (Lipinski definition) is 2. The van der Waals surface area contributed by atoms with Gasteiger partial charge in [0.25, 0.3) is 0 Å². The predicted octanol–water partition coefficient (Wildman–Crippen LogP) is 11.0. The summed E-state index contributed by atoms with van der Waals surface area (Å²) in [5.74, 6) is 0.717. The van der Waals surface area contributed by atoms with Gasteiger partial charge in [-0.3, -0.25) is 0 Å². The molecule has 10 rings (SSSR count). The highest BCUT2D eigenvalue weighted by molar-refractivity contribution is 6.29. The van der Waals surface area contributed by atoms with E-state index in [1.54, 1.807) is 0 Å². The molecule has 0 amide bonds. The highest BCUT2D eigenvalue weighted by Crippen LogP contribution is 2.42. The van der Waals surface area contributed by atoms with E-state index in [9.17, 15) is 0 Å². The molecule has 0 saturated carbocycles. The Balaban J connectivity index is 1.15. The number of aromatic nitrogens is 2. The Morgan fingerprint density at radius 1 is 0.469 bits per heavy atom. The lowest BCUT2D eigenvalue weighted by Gasteiger charge is -2.11. The van der Waals surface area contributed by atoms with Crippen LogP contribution in [0.3, 0.4) is 0 Å². The van der Waals surface area contributed by atoms with Crippen LogP contribution < -0.4 is 0 Å². The number of para-hydroxylation sites is 1. The SMILES string of the molecule is C1=C(c2ccccc2)N=C(c2ccc(-n3c4cccc5ccc6c7ccn(-c8ccccc8)c7cc3c6c54)cc2)N=C(c2ccccc2)C1. The lowest BCUT2D eigenvalue weighted by molar-refractivity contribution is 1.13. The van der Waals surface area contributed by atoms with Crippen molar-refractivity contribution in [1.82, 2.24) is 9.13 Å². The van der Waals surface area contributed by atoms with E-state index in [1.165, 1.54) is 43.5 Å². The number of benzene rings is 7. The lowest BCUT2D eigenvalue weighted by atomic mass is 10.00. The molecule has 0 atom stereocenters. The summed E-state index contributed by atoms with van der Waals surface area (Å²) < 4.78 is 4.71. The van der Waals surface area contributed by atoms with E-state index in [-0.39, 0.29) is 0 Å². The fourth-order valence-electron chi connectivity index (χ4n) is 7.50. The molecule has 4 heteroatoms. The van der Waals surface area contributed by atoms with E-state index >= 15 is 0 Å². The van der Waals surface area contributed by atoms with E-state index in [1.807, 2.05) is 12.1 Å². The predicted molar refractivity (Wildman–Crippen MR) is 205 cm³/mol. The molecule has 0 radical (unpaired) electrons. The molecule has 1 aliphatic heterocycles. The van der Waals surface area contributed by atoms with Gasteiger partial charge in [0.1, 0.15) is 0 Å². The molecule has 7 aromatic carbocycles. The largest absolute Gasteiger partial charge is 0.316 e. The van der Waals surface area contributed by atoms with Crippen LogP contribution in [0.25, 0.3) is 60.6 Å². The van der Waals surface area contributed by atoms with Gasteiger partial charge in [0.05, 0.1) is 28.0 Å². The van der Waals surface area contributed by atoms with E-state index < -0.39 is 0 Å². The van der Waals surface area contributed by atoms with Crippen LogP contribution in [0.5, 0.6) is 0 Å². The highest BCUT2D eigenvalue weighted by Gasteiger charge is 2.20. The van der Waals surface area contributed by atoms with Gasteiger partial charge < -0.3 is 9.13 Å². The Morgan fingerprint density at radius 3 is 1.98 bits per heavy atom. The Hall–Kier alpha value is -6.52. The van der Waals surface area contributed by atoms with Crippen LogP contribution in [0, 0.1) is 0 Å². The third-order valence-corrected chi connectivity index (χ3v) is 9.80. The molecule has 3 heterocycles. The minimum Gasteiger partial charge on any atom is -0.316 e. The van der Waals surface area contributed by atoms with Gasteiger partial charge in [0.15, 0.2) is 5.84 Å². The molecule has 230 valence electrons. The number of allylic oxidation sites excluding steroid dienone is 1.